The molecule has 0 amide bonds. The molecule has 0 aliphatic carbocycles. The second-order valence-electron chi connectivity index (χ2n) is 2.65. The standard InChI is InChI=1S/C9H11N3/c1-3-8(6-10)9-11-5-4-7(2)12-9/h4-5,8H,3H2,1-2H3. The molecule has 3 heteroatoms. The Morgan fingerprint density at radius 1 is 1.67 bits per heavy atom. The maximum atomic E-state index is 8.74. The maximum absolute atomic E-state index is 8.74. The van der Waals surface area contributed by atoms with Gasteiger partial charge in [-0.2, -0.15) is 5.26 Å². The van der Waals surface area contributed by atoms with Crippen molar-refractivity contribution in [2.75, 3.05) is 0 Å². The van der Waals surface area contributed by atoms with Crippen molar-refractivity contribution in [2.24, 2.45) is 0 Å². The maximum Gasteiger partial charge on any atom is 0.145 e. The molecule has 1 aromatic heterocycles. The minimum Gasteiger partial charge on any atom is -0.240 e. The lowest BCUT2D eigenvalue weighted by molar-refractivity contribution is 0.744. The van der Waals surface area contributed by atoms with Crippen molar-refractivity contribution >= 4 is 0 Å². The van der Waals surface area contributed by atoms with E-state index in [0.29, 0.717) is 5.82 Å². The molecule has 3 nitrogen and oxygen atoms in total. The summed E-state index contributed by atoms with van der Waals surface area (Å²) in [4.78, 5) is 8.23. The molecule has 0 saturated carbocycles. The summed E-state index contributed by atoms with van der Waals surface area (Å²) in [5.41, 5.74) is 0.911. The number of hydrogen-bond acceptors (Lipinski definition) is 3. The van der Waals surface area contributed by atoms with Crippen LogP contribution >= 0.6 is 0 Å². The highest BCUT2D eigenvalue weighted by molar-refractivity contribution is 5.10. The molecule has 0 N–H and O–H groups in total. The Labute approximate surface area is 72.1 Å². The van der Waals surface area contributed by atoms with Crippen LogP contribution in [0.1, 0.15) is 30.8 Å². The Bertz CT molecular complexity index is 301. The number of hydrogen-bond donors (Lipinski definition) is 0. The molecule has 1 heterocycles. The van der Waals surface area contributed by atoms with Crippen molar-refractivity contribution in [1.29, 1.82) is 5.26 Å². The van der Waals surface area contributed by atoms with Gasteiger partial charge < -0.3 is 0 Å². The highest BCUT2D eigenvalue weighted by atomic mass is 14.9. The fraction of sp³-hybridized carbons (Fsp3) is 0.444. The van der Waals surface area contributed by atoms with E-state index in [1.165, 1.54) is 0 Å². The first-order valence-corrected chi connectivity index (χ1v) is 3.97. The van der Waals surface area contributed by atoms with E-state index in [1.807, 2.05) is 19.9 Å². The van der Waals surface area contributed by atoms with Gasteiger partial charge in [0.25, 0.3) is 0 Å². The third-order valence-corrected chi connectivity index (χ3v) is 1.69. The Hall–Kier alpha value is -1.43. The van der Waals surface area contributed by atoms with Gasteiger partial charge in [-0.1, -0.05) is 6.92 Å². The summed E-state index contributed by atoms with van der Waals surface area (Å²) in [6, 6.07) is 4.00. The number of rotatable bonds is 2. The fourth-order valence-corrected chi connectivity index (χ4v) is 0.968. The summed E-state index contributed by atoms with van der Waals surface area (Å²) in [5, 5.41) is 8.74. The number of aryl methyl sites for hydroxylation is 1. The van der Waals surface area contributed by atoms with Crippen LogP contribution < -0.4 is 0 Å². The van der Waals surface area contributed by atoms with Gasteiger partial charge in [-0.05, 0) is 19.4 Å². The molecule has 0 radical (unpaired) electrons. The minimum absolute atomic E-state index is 0.162. The van der Waals surface area contributed by atoms with E-state index >= 15 is 0 Å². The van der Waals surface area contributed by atoms with E-state index in [-0.39, 0.29) is 5.92 Å². The van der Waals surface area contributed by atoms with Gasteiger partial charge in [-0.15, -0.1) is 0 Å². The molecule has 0 aliphatic heterocycles. The van der Waals surface area contributed by atoms with Gasteiger partial charge in [0, 0.05) is 11.9 Å². The molecule has 62 valence electrons. The van der Waals surface area contributed by atoms with Crippen LogP contribution in [0.4, 0.5) is 0 Å². The second-order valence-corrected chi connectivity index (χ2v) is 2.65. The first kappa shape index (κ1) is 8.66. The van der Waals surface area contributed by atoms with Crippen molar-refractivity contribution in [1.82, 2.24) is 9.97 Å². The molecular weight excluding hydrogens is 150 g/mol. The van der Waals surface area contributed by atoms with Gasteiger partial charge >= 0.3 is 0 Å². The Morgan fingerprint density at radius 2 is 2.42 bits per heavy atom. The number of nitriles is 1. The van der Waals surface area contributed by atoms with Crippen LogP contribution in [0.3, 0.4) is 0 Å². The molecule has 0 aliphatic rings. The van der Waals surface area contributed by atoms with E-state index in [2.05, 4.69) is 16.0 Å². The lowest BCUT2D eigenvalue weighted by Crippen LogP contribution is -2.01. The van der Waals surface area contributed by atoms with E-state index in [9.17, 15) is 0 Å². The summed E-state index contributed by atoms with van der Waals surface area (Å²) in [6.07, 6.45) is 2.46. The smallest absolute Gasteiger partial charge is 0.145 e. The van der Waals surface area contributed by atoms with Crippen LogP contribution in [0.25, 0.3) is 0 Å². The highest BCUT2D eigenvalue weighted by Crippen LogP contribution is 2.13. The predicted molar refractivity (Wildman–Crippen MR) is 45.4 cm³/mol. The van der Waals surface area contributed by atoms with E-state index in [1.54, 1.807) is 6.20 Å². The van der Waals surface area contributed by atoms with Gasteiger partial charge in [0.2, 0.25) is 0 Å². The fourth-order valence-electron chi connectivity index (χ4n) is 0.968. The van der Waals surface area contributed by atoms with Crippen LogP contribution in [-0.4, -0.2) is 9.97 Å². The van der Waals surface area contributed by atoms with Crippen LogP contribution in [0.5, 0.6) is 0 Å². The van der Waals surface area contributed by atoms with Gasteiger partial charge in [0.15, 0.2) is 0 Å². The van der Waals surface area contributed by atoms with E-state index in [0.717, 1.165) is 12.1 Å². The summed E-state index contributed by atoms with van der Waals surface area (Å²) in [6.45, 7) is 3.86. The Balaban J connectivity index is 2.95. The third kappa shape index (κ3) is 1.79. The van der Waals surface area contributed by atoms with Gasteiger partial charge in [-0.25, -0.2) is 9.97 Å². The summed E-state index contributed by atoms with van der Waals surface area (Å²) in [7, 11) is 0. The normalized spacial score (nSPS) is 12.1. The molecular formula is C9H11N3. The minimum atomic E-state index is -0.162. The monoisotopic (exact) mass is 161 g/mol. The van der Waals surface area contributed by atoms with Crippen molar-refractivity contribution in [3.05, 3.63) is 23.8 Å². The molecule has 0 fully saturated rings. The molecule has 0 spiro atoms. The second kappa shape index (κ2) is 3.82. The SMILES string of the molecule is CCC(C#N)c1nccc(C)n1. The molecule has 1 aromatic rings. The topological polar surface area (TPSA) is 49.6 Å². The largest absolute Gasteiger partial charge is 0.240 e. The molecule has 1 unspecified atom stereocenters. The highest BCUT2D eigenvalue weighted by Gasteiger charge is 2.10. The first-order valence-electron chi connectivity index (χ1n) is 3.97. The van der Waals surface area contributed by atoms with Gasteiger partial charge in [-0.3, -0.25) is 0 Å². The van der Waals surface area contributed by atoms with Crippen molar-refractivity contribution in [3.63, 3.8) is 0 Å². The zero-order chi connectivity index (χ0) is 8.97. The average molecular weight is 161 g/mol. The molecule has 1 atom stereocenters. The van der Waals surface area contributed by atoms with Crippen LogP contribution in [0, 0.1) is 18.3 Å². The van der Waals surface area contributed by atoms with Crippen LogP contribution in [0.15, 0.2) is 12.3 Å². The third-order valence-electron chi connectivity index (χ3n) is 1.69. The molecule has 0 aromatic carbocycles. The molecule has 0 bridgehead atoms. The Morgan fingerprint density at radius 3 is 2.92 bits per heavy atom. The van der Waals surface area contributed by atoms with Crippen molar-refractivity contribution in [3.8, 4) is 6.07 Å². The van der Waals surface area contributed by atoms with E-state index < -0.39 is 0 Å². The summed E-state index contributed by atoms with van der Waals surface area (Å²) in [5.74, 6) is 0.477. The predicted octanol–water partition coefficient (Wildman–Crippen LogP) is 1.80. The van der Waals surface area contributed by atoms with Crippen molar-refractivity contribution < 1.29 is 0 Å². The van der Waals surface area contributed by atoms with Crippen molar-refractivity contribution in [2.45, 2.75) is 26.2 Å². The summed E-state index contributed by atoms with van der Waals surface area (Å²) < 4.78 is 0. The van der Waals surface area contributed by atoms with E-state index in [4.69, 9.17) is 5.26 Å². The van der Waals surface area contributed by atoms with Crippen LogP contribution in [-0.2, 0) is 0 Å². The molecule has 12 heavy (non-hydrogen) atoms. The van der Waals surface area contributed by atoms with Gasteiger partial charge in [0.1, 0.15) is 11.7 Å². The lowest BCUT2D eigenvalue weighted by Gasteiger charge is -2.03. The number of aromatic nitrogens is 2. The first-order chi connectivity index (χ1) is 5.77. The Kier molecular flexibility index (Phi) is 2.76. The summed E-state index contributed by atoms with van der Waals surface area (Å²) >= 11 is 0. The quantitative estimate of drug-likeness (QED) is 0.664. The van der Waals surface area contributed by atoms with Crippen LogP contribution in [0.2, 0.25) is 0 Å². The molecule has 0 saturated heterocycles. The zero-order valence-electron chi connectivity index (χ0n) is 7.28. The zero-order valence-corrected chi connectivity index (χ0v) is 7.28. The van der Waals surface area contributed by atoms with Gasteiger partial charge in [0.05, 0.1) is 6.07 Å². The number of nitrogens with zero attached hydrogens (tertiary/aromatic N) is 3. The molecule has 1 rings (SSSR count). The average Bonchev–Trinajstić information content (AvgIpc) is 2.07. The lowest BCUT2D eigenvalue weighted by atomic mass is 10.1.